The molecular weight excluding hydrogens is 357 g/mol. The van der Waals surface area contributed by atoms with Gasteiger partial charge < -0.3 is 10.1 Å². The van der Waals surface area contributed by atoms with Crippen LogP contribution in [0.25, 0.3) is 5.82 Å². The van der Waals surface area contributed by atoms with E-state index in [-0.39, 0.29) is 24.7 Å². The molecule has 27 heavy (non-hydrogen) atoms. The van der Waals surface area contributed by atoms with Gasteiger partial charge in [-0.1, -0.05) is 0 Å². The molecule has 146 valence electrons. The summed E-state index contributed by atoms with van der Waals surface area (Å²) in [7, 11) is 0. The highest BCUT2D eigenvalue weighted by molar-refractivity contribution is 5.75. The van der Waals surface area contributed by atoms with Gasteiger partial charge in [-0.2, -0.15) is 5.10 Å². The molecule has 1 aliphatic carbocycles. The summed E-state index contributed by atoms with van der Waals surface area (Å²) < 4.78 is 41.0. The molecule has 0 atom stereocenters. The van der Waals surface area contributed by atoms with E-state index in [0.717, 1.165) is 5.56 Å². The minimum absolute atomic E-state index is 0.0768. The Kier molecular flexibility index (Phi) is 5.82. The molecule has 2 heterocycles. The van der Waals surface area contributed by atoms with E-state index in [4.69, 9.17) is 0 Å². The molecule has 0 unspecified atom stereocenters. The number of pyridine rings is 1. The zero-order valence-corrected chi connectivity index (χ0v) is 15.2. The van der Waals surface area contributed by atoms with Gasteiger partial charge in [0.15, 0.2) is 5.82 Å². The Morgan fingerprint density at radius 3 is 2.70 bits per heavy atom. The Labute approximate surface area is 156 Å². The fourth-order valence-corrected chi connectivity index (χ4v) is 3.18. The summed E-state index contributed by atoms with van der Waals surface area (Å²) in [5, 5.41) is 7.36. The summed E-state index contributed by atoms with van der Waals surface area (Å²) in [6, 6.07) is 5.13. The van der Waals surface area contributed by atoms with Crippen LogP contribution >= 0.6 is 0 Å². The van der Waals surface area contributed by atoms with Crippen molar-refractivity contribution in [2.75, 3.05) is 5.32 Å². The number of halogens is 3. The number of rotatable bonds is 7. The van der Waals surface area contributed by atoms with E-state index in [1.807, 2.05) is 6.07 Å². The van der Waals surface area contributed by atoms with E-state index in [0.29, 0.717) is 43.0 Å². The summed E-state index contributed by atoms with van der Waals surface area (Å²) in [6.45, 7) is 0.864. The van der Waals surface area contributed by atoms with E-state index in [9.17, 15) is 18.0 Å². The van der Waals surface area contributed by atoms with Gasteiger partial charge in [0.2, 0.25) is 5.92 Å². The number of nitrogens with one attached hydrogen (secondary N) is 1. The lowest BCUT2D eigenvalue weighted by atomic mass is 9.92. The third-order valence-electron chi connectivity index (χ3n) is 4.72. The fourth-order valence-electron chi connectivity index (χ4n) is 3.18. The third kappa shape index (κ3) is 5.30. The van der Waals surface area contributed by atoms with Crippen LogP contribution in [0.1, 0.15) is 50.3 Å². The number of carbonyl (C=O) groups is 1. The second-order valence-electron chi connectivity index (χ2n) is 7.08. The average Bonchev–Trinajstić information content (AvgIpc) is 3.11. The van der Waals surface area contributed by atoms with Crippen molar-refractivity contribution in [2.24, 2.45) is 0 Å². The Morgan fingerprint density at radius 1 is 1.33 bits per heavy atom. The van der Waals surface area contributed by atoms with Gasteiger partial charge in [-0.3, -0.25) is 0 Å². The maximum Gasteiger partial charge on any atom is 0.248 e. The largest absolute Gasteiger partial charge is 0.367 e. The number of Topliss-reactive ketones (excluding diaryl/α,β-unsaturated/α-hetero) is 1. The zero-order valence-electron chi connectivity index (χ0n) is 15.2. The van der Waals surface area contributed by atoms with Crippen LogP contribution in [0.2, 0.25) is 0 Å². The molecule has 0 radical (unpaired) electrons. The monoisotopic (exact) mass is 380 g/mol. The van der Waals surface area contributed by atoms with Crippen molar-refractivity contribution in [3.63, 3.8) is 0 Å². The lowest BCUT2D eigenvalue weighted by Crippen LogP contribution is -2.32. The average molecular weight is 380 g/mol. The summed E-state index contributed by atoms with van der Waals surface area (Å²) >= 11 is 0. The molecule has 1 saturated carbocycles. The van der Waals surface area contributed by atoms with Gasteiger partial charge in [0.05, 0.1) is 5.69 Å². The first-order valence-electron chi connectivity index (χ1n) is 9.10. The van der Waals surface area contributed by atoms with Crippen LogP contribution in [0.3, 0.4) is 0 Å². The predicted octanol–water partition coefficient (Wildman–Crippen LogP) is 4.25. The quantitative estimate of drug-likeness (QED) is 0.780. The molecule has 2 aromatic heterocycles. The number of aromatic nitrogens is 3. The number of nitrogens with zero attached hydrogens (tertiary/aromatic N) is 3. The second kappa shape index (κ2) is 8.10. The van der Waals surface area contributed by atoms with Crippen LogP contribution < -0.4 is 5.32 Å². The third-order valence-corrected chi connectivity index (χ3v) is 4.72. The Balaban J connectivity index is 1.82. The Morgan fingerprint density at radius 2 is 2.07 bits per heavy atom. The second-order valence-corrected chi connectivity index (χ2v) is 7.08. The standard InChI is InChI=1S/C19H23F3N4O/c1-13(27)2-3-14-10-17(23-15-4-7-19(21,22)8-5-15)24-18(11-14)26-9-6-16(12-20)25-26/h6,9-11,15H,2-5,7-8,12H2,1H3,(H,23,24). The normalized spacial score (nSPS) is 17.0. The van der Waals surface area contributed by atoms with Gasteiger partial charge in [0.1, 0.15) is 18.3 Å². The SMILES string of the molecule is CC(=O)CCc1cc(NC2CCC(F)(F)CC2)nc(-n2ccc(CF)n2)c1. The lowest BCUT2D eigenvalue weighted by Gasteiger charge is -2.29. The van der Waals surface area contributed by atoms with E-state index >= 15 is 0 Å². The highest BCUT2D eigenvalue weighted by atomic mass is 19.3. The van der Waals surface area contributed by atoms with Gasteiger partial charge in [0, 0.05) is 31.5 Å². The zero-order chi connectivity index (χ0) is 19.4. The Hall–Kier alpha value is -2.38. The molecule has 0 saturated heterocycles. The van der Waals surface area contributed by atoms with Crippen molar-refractivity contribution in [1.82, 2.24) is 14.8 Å². The predicted molar refractivity (Wildman–Crippen MR) is 96.0 cm³/mol. The van der Waals surface area contributed by atoms with E-state index < -0.39 is 12.6 Å². The van der Waals surface area contributed by atoms with Crippen LogP contribution in [0, 0.1) is 0 Å². The van der Waals surface area contributed by atoms with Gasteiger partial charge >= 0.3 is 0 Å². The number of alkyl halides is 3. The molecule has 3 rings (SSSR count). The molecule has 0 bridgehead atoms. The smallest absolute Gasteiger partial charge is 0.248 e. The van der Waals surface area contributed by atoms with Crippen molar-refractivity contribution in [3.8, 4) is 5.82 Å². The van der Waals surface area contributed by atoms with E-state index in [1.54, 1.807) is 18.3 Å². The van der Waals surface area contributed by atoms with Crippen molar-refractivity contribution in [3.05, 3.63) is 35.7 Å². The highest BCUT2D eigenvalue weighted by Gasteiger charge is 2.34. The number of carbonyl (C=O) groups excluding carboxylic acids is 1. The molecule has 1 aliphatic rings. The number of ketones is 1. The number of hydrogen-bond donors (Lipinski definition) is 1. The van der Waals surface area contributed by atoms with Crippen molar-refractivity contribution in [1.29, 1.82) is 0 Å². The highest BCUT2D eigenvalue weighted by Crippen LogP contribution is 2.34. The molecular formula is C19H23F3N4O. The fraction of sp³-hybridized carbons (Fsp3) is 0.526. The minimum atomic E-state index is -2.59. The first-order valence-corrected chi connectivity index (χ1v) is 9.10. The van der Waals surface area contributed by atoms with Crippen LogP contribution in [-0.2, 0) is 17.9 Å². The summed E-state index contributed by atoms with van der Waals surface area (Å²) in [5.74, 6) is -1.45. The Bertz CT molecular complexity index is 796. The van der Waals surface area contributed by atoms with Gasteiger partial charge in [-0.05, 0) is 49.9 Å². The van der Waals surface area contributed by atoms with Gasteiger partial charge in [-0.25, -0.2) is 22.8 Å². The number of hydrogen-bond acceptors (Lipinski definition) is 4. The van der Waals surface area contributed by atoms with Gasteiger partial charge in [0.25, 0.3) is 0 Å². The summed E-state index contributed by atoms with van der Waals surface area (Å²) in [6.07, 6.45) is 3.02. The topological polar surface area (TPSA) is 59.8 Å². The molecule has 0 amide bonds. The van der Waals surface area contributed by atoms with E-state index in [2.05, 4.69) is 15.4 Å². The first-order chi connectivity index (χ1) is 12.8. The molecule has 0 spiro atoms. The van der Waals surface area contributed by atoms with Crippen molar-refractivity contribution < 1.29 is 18.0 Å². The lowest BCUT2D eigenvalue weighted by molar-refractivity contribution is -0.116. The molecule has 8 heteroatoms. The molecule has 1 N–H and O–H groups in total. The molecule has 5 nitrogen and oxygen atoms in total. The molecule has 1 fully saturated rings. The van der Waals surface area contributed by atoms with Crippen LogP contribution in [0.15, 0.2) is 24.4 Å². The van der Waals surface area contributed by atoms with Crippen LogP contribution in [0.4, 0.5) is 19.0 Å². The number of aryl methyl sites for hydroxylation is 1. The first kappa shape index (κ1) is 19.4. The summed E-state index contributed by atoms with van der Waals surface area (Å²) in [5.41, 5.74) is 1.19. The summed E-state index contributed by atoms with van der Waals surface area (Å²) in [4.78, 5) is 15.8. The van der Waals surface area contributed by atoms with Crippen molar-refractivity contribution in [2.45, 2.75) is 64.1 Å². The minimum Gasteiger partial charge on any atom is -0.367 e. The van der Waals surface area contributed by atoms with Crippen LogP contribution in [-0.4, -0.2) is 32.5 Å². The molecule has 0 aliphatic heterocycles. The van der Waals surface area contributed by atoms with Gasteiger partial charge in [-0.15, -0.1) is 0 Å². The molecule has 2 aromatic rings. The van der Waals surface area contributed by atoms with Crippen molar-refractivity contribution >= 4 is 11.6 Å². The maximum atomic E-state index is 13.4. The number of anilines is 1. The van der Waals surface area contributed by atoms with E-state index in [1.165, 1.54) is 11.6 Å². The molecule has 0 aromatic carbocycles. The van der Waals surface area contributed by atoms with Crippen LogP contribution in [0.5, 0.6) is 0 Å². The maximum absolute atomic E-state index is 13.4.